The number of rotatable bonds is 4. The lowest BCUT2D eigenvalue weighted by Gasteiger charge is -2.15. The average Bonchev–Trinajstić information content (AvgIpc) is 3.40. The molecule has 4 rings (SSSR count). The molecule has 0 saturated carbocycles. The molecule has 0 atom stereocenters. The van der Waals surface area contributed by atoms with E-state index in [0.29, 0.717) is 9.39 Å². The van der Waals surface area contributed by atoms with Crippen molar-refractivity contribution in [2.24, 2.45) is 7.05 Å². The van der Waals surface area contributed by atoms with Crippen LogP contribution in [0.2, 0.25) is 5.02 Å². The lowest BCUT2D eigenvalue weighted by atomic mass is 10.2. The Morgan fingerprint density at radius 3 is 2.65 bits per heavy atom. The van der Waals surface area contributed by atoms with E-state index >= 15 is 0 Å². The molecule has 0 saturated heterocycles. The number of amides is 1. The van der Waals surface area contributed by atoms with Crippen molar-refractivity contribution in [2.45, 2.75) is 19.6 Å². The van der Waals surface area contributed by atoms with Gasteiger partial charge in [0.25, 0.3) is 5.91 Å². The van der Waals surface area contributed by atoms with Crippen LogP contribution >= 0.6 is 22.9 Å². The molecule has 0 bridgehead atoms. The van der Waals surface area contributed by atoms with Crippen molar-refractivity contribution in [3.63, 3.8) is 0 Å². The first-order chi connectivity index (χ1) is 14.6. The smallest absolute Gasteiger partial charge is 0.336 e. The Kier molecular flexibility index (Phi) is 5.26. The Morgan fingerprint density at radius 1 is 1.32 bits per heavy atom. The highest BCUT2D eigenvalue weighted by molar-refractivity contribution is 7.13. The molecule has 0 aliphatic carbocycles. The zero-order valence-electron chi connectivity index (χ0n) is 16.6. The summed E-state index contributed by atoms with van der Waals surface area (Å²) >= 11 is 7.56. The fourth-order valence-electron chi connectivity index (χ4n) is 3.19. The summed E-state index contributed by atoms with van der Waals surface area (Å²) in [6.45, 7) is 2.00. The molecule has 7 nitrogen and oxygen atoms in total. The number of carbonyl (C=O) groups is 1. The van der Waals surface area contributed by atoms with E-state index in [2.05, 4.69) is 15.2 Å². The van der Waals surface area contributed by atoms with E-state index in [1.165, 1.54) is 23.3 Å². The third-order valence-electron chi connectivity index (χ3n) is 4.67. The molecule has 0 spiro atoms. The fraction of sp³-hybridized carbons (Fsp3) is 0.263. The van der Waals surface area contributed by atoms with Gasteiger partial charge in [-0.25, -0.2) is 9.50 Å². The van der Waals surface area contributed by atoms with Gasteiger partial charge in [-0.15, -0.1) is 11.3 Å². The predicted octanol–water partition coefficient (Wildman–Crippen LogP) is 4.44. The molecule has 4 aromatic heterocycles. The summed E-state index contributed by atoms with van der Waals surface area (Å²) in [7, 11) is 3.27. The number of hydrogen-bond acceptors (Lipinski definition) is 5. The van der Waals surface area contributed by atoms with E-state index in [4.69, 9.17) is 11.6 Å². The molecule has 0 aliphatic rings. The minimum absolute atomic E-state index is 0.106. The van der Waals surface area contributed by atoms with Crippen LogP contribution in [0.15, 0.2) is 29.8 Å². The van der Waals surface area contributed by atoms with Gasteiger partial charge in [0.15, 0.2) is 17.0 Å². The molecule has 31 heavy (non-hydrogen) atoms. The topological polar surface area (TPSA) is 68.3 Å². The Balaban J connectivity index is 1.79. The SMILES string of the molecule is Cc1nn(C)cc1CN(C)C(=O)c1nn2c(C(F)(F)F)cc(-c3cccs3)nc2c1Cl. The molecule has 1 amide bonds. The van der Waals surface area contributed by atoms with Gasteiger partial charge in [-0.3, -0.25) is 9.48 Å². The number of aryl methyl sites for hydroxylation is 2. The maximum Gasteiger partial charge on any atom is 0.433 e. The Bertz CT molecular complexity index is 1280. The first-order valence-electron chi connectivity index (χ1n) is 9.01. The molecule has 4 aromatic rings. The maximum atomic E-state index is 13.7. The monoisotopic (exact) mass is 468 g/mol. The highest BCUT2D eigenvalue weighted by atomic mass is 35.5. The van der Waals surface area contributed by atoms with Crippen molar-refractivity contribution < 1.29 is 18.0 Å². The Hall–Kier alpha value is -2.92. The van der Waals surface area contributed by atoms with Gasteiger partial charge in [0.1, 0.15) is 5.02 Å². The fourth-order valence-corrected chi connectivity index (χ4v) is 4.12. The second-order valence-corrected chi connectivity index (χ2v) is 8.30. The van der Waals surface area contributed by atoms with Gasteiger partial charge < -0.3 is 4.90 Å². The van der Waals surface area contributed by atoms with Crippen molar-refractivity contribution in [3.05, 3.63) is 57.4 Å². The van der Waals surface area contributed by atoms with E-state index < -0.39 is 17.8 Å². The largest absolute Gasteiger partial charge is 0.433 e. The van der Waals surface area contributed by atoms with Crippen molar-refractivity contribution in [2.75, 3.05) is 7.05 Å². The molecule has 4 heterocycles. The van der Waals surface area contributed by atoms with E-state index in [1.807, 2.05) is 0 Å². The zero-order chi connectivity index (χ0) is 22.5. The summed E-state index contributed by atoms with van der Waals surface area (Å²) in [6, 6.07) is 4.27. The van der Waals surface area contributed by atoms with Gasteiger partial charge in [-0.2, -0.15) is 23.4 Å². The van der Waals surface area contributed by atoms with Crippen LogP contribution in [0.25, 0.3) is 16.2 Å². The Morgan fingerprint density at radius 2 is 2.06 bits per heavy atom. The van der Waals surface area contributed by atoms with Crippen molar-refractivity contribution in [3.8, 4) is 10.6 Å². The van der Waals surface area contributed by atoms with E-state index in [-0.39, 0.29) is 28.6 Å². The number of hydrogen-bond donors (Lipinski definition) is 0. The molecule has 12 heteroatoms. The normalized spacial score (nSPS) is 12.0. The molecule has 0 fully saturated rings. The number of halogens is 4. The predicted molar refractivity (Wildman–Crippen MR) is 110 cm³/mol. The summed E-state index contributed by atoms with van der Waals surface area (Å²) in [6.07, 6.45) is -2.96. The number of aromatic nitrogens is 5. The number of thiophene rings is 1. The van der Waals surface area contributed by atoms with Crippen LogP contribution in [-0.4, -0.2) is 42.2 Å². The van der Waals surface area contributed by atoms with Crippen LogP contribution in [0, 0.1) is 6.92 Å². The van der Waals surface area contributed by atoms with Crippen LogP contribution < -0.4 is 0 Å². The van der Waals surface area contributed by atoms with Crippen molar-refractivity contribution in [1.29, 1.82) is 0 Å². The quantitative estimate of drug-likeness (QED) is 0.444. The summed E-state index contributed by atoms with van der Waals surface area (Å²) < 4.78 is 43.4. The van der Waals surface area contributed by atoms with E-state index in [0.717, 1.165) is 17.3 Å². The molecule has 162 valence electrons. The molecule has 0 aromatic carbocycles. The third-order valence-corrected chi connectivity index (χ3v) is 5.91. The van der Waals surface area contributed by atoms with Crippen LogP contribution in [0.5, 0.6) is 0 Å². The highest BCUT2D eigenvalue weighted by Gasteiger charge is 2.37. The van der Waals surface area contributed by atoms with Gasteiger partial charge in [0.05, 0.1) is 16.3 Å². The first-order valence-corrected chi connectivity index (χ1v) is 10.3. The number of alkyl halides is 3. The van der Waals surface area contributed by atoms with Crippen LogP contribution in [-0.2, 0) is 19.8 Å². The van der Waals surface area contributed by atoms with Crippen LogP contribution in [0.4, 0.5) is 13.2 Å². The zero-order valence-corrected chi connectivity index (χ0v) is 18.2. The molecule has 0 aliphatic heterocycles. The molecule has 0 radical (unpaired) electrons. The molecule has 0 unspecified atom stereocenters. The van der Waals surface area contributed by atoms with Gasteiger partial charge >= 0.3 is 6.18 Å². The first kappa shape index (κ1) is 21.3. The van der Waals surface area contributed by atoms with Gasteiger partial charge in [-0.05, 0) is 24.4 Å². The average molecular weight is 469 g/mol. The van der Waals surface area contributed by atoms with Crippen molar-refractivity contribution >= 4 is 34.5 Å². The maximum absolute atomic E-state index is 13.7. The summed E-state index contributed by atoms with van der Waals surface area (Å²) in [5.41, 5.74) is 0.0565. The van der Waals surface area contributed by atoms with Gasteiger partial charge in [0, 0.05) is 32.4 Å². The lowest BCUT2D eigenvalue weighted by molar-refractivity contribution is -0.142. The van der Waals surface area contributed by atoms with Crippen LogP contribution in [0.3, 0.4) is 0 Å². The summed E-state index contributed by atoms with van der Waals surface area (Å²) in [5.74, 6) is -0.621. The minimum Gasteiger partial charge on any atom is -0.336 e. The lowest BCUT2D eigenvalue weighted by Crippen LogP contribution is -2.27. The Labute approximate surface area is 183 Å². The van der Waals surface area contributed by atoms with E-state index in [9.17, 15) is 18.0 Å². The molecular weight excluding hydrogens is 453 g/mol. The summed E-state index contributed by atoms with van der Waals surface area (Å²) in [4.78, 5) is 19.1. The van der Waals surface area contributed by atoms with E-state index in [1.54, 1.807) is 42.4 Å². The second-order valence-electron chi connectivity index (χ2n) is 6.97. The summed E-state index contributed by atoms with van der Waals surface area (Å²) in [5, 5.41) is 9.61. The molecular formula is C19H16ClF3N6OS. The standard InChI is InChI=1S/C19H16ClF3N6OS/c1-10-11(9-28(3)25-10)8-27(2)18(30)16-15(20)17-24-12(13-5-4-6-31-13)7-14(19(21,22)23)29(17)26-16/h4-7,9H,8H2,1-3H3. The number of nitrogens with zero attached hydrogens (tertiary/aromatic N) is 6. The number of fused-ring (bicyclic) bond motifs is 1. The van der Waals surface area contributed by atoms with Crippen molar-refractivity contribution in [1.82, 2.24) is 29.3 Å². The van der Waals surface area contributed by atoms with Gasteiger partial charge in [0.2, 0.25) is 0 Å². The second kappa shape index (κ2) is 7.65. The minimum atomic E-state index is -4.72. The third kappa shape index (κ3) is 3.90. The number of carbonyl (C=O) groups excluding carboxylic acids is 1. The van der Waals surface area contributed by atoms with Crippen LogP contribution in [0.1, 0.15) is 27.4 Å². The highest BCUT2D eigenvalue weighted by Crippen LogP contribution is 2.35. The van der Waals surface area contributed by atoms with Gasteiger partial charge in [-0.1, -0.05) is 17.7 Å². The molecule has 0 N–H and O–H groups in total.